The zero-order chi connectivity index (χ0) is 15.5. The molecule has 0 aliphatic carbocycles. The Morgan fingerprint density at radius 2 is 1.90 bits per heavy atom. The van der Waals surface area contributed by atoms with Gasteiger partial charge in [0.05, 0.1) is 0 Å². The molecule has 0 fully saturated rings. The van der Waals surface area contributed by atoms with E-state index in [1.807, 2.05) is 26.8 Å². The van der Waals surface area contributed by atoms with Crippen molar-refractivity contribution in [1.29, 1.82) is 0 Å². The van der Waals surface area contributed by atoms with Crippen LogP contribution in [0.4, 0.5) is 5.69 Å². The minimum atomic E-state index is -0.103. The van der Waals surface area contributed by atoms with Crippen LogP contribution in [-0.2, 0) is 10.2 Å². The molecular weight excluding hydrogens is 246 g/mol. The van der Waals surface area contributed by atoms with Crippen LogP contribution in [0, 0.1) is 6.92 Å². The molecule has 0 aliphatic rings. The molecule has 108 valence electrons. The average molecular weight is 271 g/mol. The van der Waals surface area contributed by atoms with E-state index in [-0.39, 0.29) is 11.3 Å². The second-order valence-corrected chi connectivity index (χ2v) is 6.22. The summed E-state index contributed by atoms with van der Waals surface area (Å²) in [7, 11) is 0. The quantitative estimate of drug-likeness (QED) is 0.623. The summed E-state index contributed by atoms with van der Waals surface area (Å²) in [5.74, 6) is -0.103. The first-order valence-electron chi connectivity index (χ1n) is 6.91. The largest absolute Gasteiger partial charge is 0.322 e. The Bertz CT molecular complexity index is 559. The molecule has 2 nitrogen and oxygen atoms in total. The molecule has 1 amide bonds. The fraction of sp³-hybridized carbons (Fsp3) is 0.389. The fourth-order valence-electron chi connectivity index (χ4n) is 1.98. The van der Waals surface area contributed by atoms with E-state index in [2.05, 4.69) is 44.8 Å². The Morgan fingerprint density at radius 3 is 2.35 bits per heavy atom. The van der Waals surface area contributed by atoms with Crippen LogP contribution in [0.3, 0.4) is 0 Å². The molecule has 0 bridgehead atoms. The van der Waals surface area contributed by atoms with Crippen LogP contribution in [-0.4, -0.2) is 5.91 Å². The van der Waals surface area contributed by atoms with Gasteiger partial charge in [-0.15, -0.1) is 0 Å². The van der Waals surface area contributed by atoms with Gasteiger partial charge in [0.2, 0.25) is 0 Å². The van der Waals surface area contributed by atoms with Gasteiger partial charge in [-0.3, -0.25) is 4.79 Å². The average Bonchev–Trinajstić information content (AvgIpc) is 2.30. The third-order valence-electron chi connectivity index (χ3n) is 3.34. The highest BCUT2D eigenvalue weighted by molar-refractivity contribution is 6.07. The third kappa shape index (κ3) is 3.83. The van der Waals surface area contributed by atoms with Crippen LogP contribution in [0.2, 0.25) is 0 Å². The zero-order valence-electron chi connectivity index (χ0n) is 13.4. The fourth-order valence-corrected chi connectivity index (χ4v) is 1.98. The first kappa shape index (κ1) is 16.2. The van der Waals surface area contributed by atoms with Crippen LogP contribution in [0.1, 0.15) is 45.7 Å². The van der Waals surface area contributed by atoms with E-state index in [4.69, 9.17) is 0 Å². The summed E-state index contributed by atoms with van der Waals surface area (Å²) in [4.78, 5) is 12.3. The molecule has 0 atom stereocenters. The summed E-state index contributed by atoms with van der Waals surface area (Å²) in [6.07, 6.45) is 1.79. The Balaban J connectivity index is 3.10. The summed E-state index contributed by atoms with van der Waals surface area (Å²) in [6, 6.07) is 6.21. The van der Waals surface area contributed by atoms with Gasteiger partial charge in [-0.25, -0.2) is 0 Å². The lowest BCUT2D eigenvalue weighted by Gasteiger charge is -2.21. The molecule has 0 saturated carbocycles. The Morgan fingerprint density at radius 1 is 1.30 bits per heavy atom. The van der Waals surface area contributed by atoms with Gasteiger partial charge in [-0.1, -0.05) is 45.6 Å². The van der Waals surface area contributed by atoms with E-state index >= 15 is 0 Å². The van der Waals surface area contributed by atoms with E-state index in [0.29, 0.717) is 5.57 Å². The van der Waals surface area contributed by atoms with Crippen LogP contribution < -0.4 is 5.32 Å². The van der Waals surface area contributed by atoms with Crippen LogP contribution in [0.5, 0.6) is 0 Å². The minimum absolute atomic E-state index is 0.0605. The van der Waals surface area contributed by atoms with Crippen molar-refractivity contribution >= 4 is 11.6 Å². The number of rotatable bonds is 3. The topological polar surface area (TPSA) is 29.1 Å². The van der Waals surface area contributed by atoms with E-state index in [1.165, 1.54) is 5.56 Å². The van der Waals surface area contributed by atoms with Gasteiger partial charge in [0.15, 0.2) is 0 Å². The number of carbonyl (C=O) groups is 1. The number of anilines is 1. The number of amides is 1. The van der Waals surface area contributed by atoms with Crippen LogP contribution in [0.15, 0.2) is 42.0 Å². The van der Waals surface area contributed by atoms with Gasteiger partial charge in [0.25, 0.3) is 5.91 Å². The van der Waals surface area contributed by atoms with Crippen molar-refractivity contribution in [2.24, 2.45) is 0 Å². The number of hydrogen-bond acceptors (Lipinski definition) is 1. The van der Waals surface area contributed by atoms with Crippen molar-refractivity contribution in [3.8, 4) is 0 Å². The Kier molecular flexibility index (Phi) is 4.93. The molecule has 0 aromatic heterocycles. The van der Waals surface area contributed by atoms with Crippen molar-refractivity contribution in [3.05, 3.63) is 53.1 Å². The lowest BCUT2D eigenvalue weighted by atomic mass is 9.86. The van der Waals surface area contributed by atoms with Gasteiger partial charge in [-0.2, -0.15) is 0 Å². The molecule has 0 saturated heterocycles. The van der Waals surface area contributed by atoms with Gasteiger partial charge in [0.1, 0.15) is 0 Å². The lowest BCUT2D eigenvalue weighted by Crippen LogP contribution is -2.17. The highest BCUT2D eigenvalue weighted by atomic mass is 16.1. The molecule has 0 aliphatic heterocycles. The Labute approximate surface area is 122 Å². The molecule has 0 spiro atoms. The molecule has 1 aromatic rings. The number of allylic oxidation sites excluding steroid dienone is 1. The monoisotopic (exact) mass is 271 g/mol. The van der Waals surface area contributed by atoms with Gasteiger partial charge in [-0.05, 0) is 49.0 Å². The third-order valence-corrected chi connectivity index (χ3v) is 3.34. The first-order valence-corrected chi connectivity index (χ1v) is 6.91. The molecule has 0 unspecified atom stereocenters. The highest BCUT2D eigenvalue weighted by Gasteiger charge is 2.16. The highest BCUT2D eigenvalue weighted by Crippen LogP contribution is 2.27. The SMILES string of the molecule is C=C(C)/C(=C\C)C(=O)Nc1cc(C(C)(C)C)ccc1C. The van der Waals surface area contributed by atoms with E-state index in [0.717, 1.165) is 16.8 Å². The Hall–Kier alpha value is -1.83. The predicted molar refractivity (Wildman–Crippen MR) is 87.1 cm³/mol. The summed E-state index contributed by atoms with van der Waals surface area (Å²) < 4.78 is 0. The number of hydrogen-bond donors (Lipinski definition) is 1. The van der Waals surface area contributed by atoms with Gasteiger partial charge >= 0.3 is 0 Å². The molecule has 1 aromatic carbocycles. The van der Waals surface area contributed by atoms with Crippen LogP contribution >= 0.6 is 0 Å². The van der Waals surface area contributed by atoms with Crippen molar-refractivity contribution in [1.82, 2.24) is 0 Å². The maximum atomic E-state index is 12.3. The number of nitrogens with one attached hydrogen (secondary N) is 1. The van der Waals surface area contributed by atoms with Crippen molar-refractivity contribution < 1.29 is 4.79 Å². The second-order valence-electron chi connectivity index (χ2n) is 6.22. The number of carbonyl (C=O) groups excluding carboxylic acids is 1. The van der Waals surface area contributed by atoms with E-state index in [1.54, 1.807) is 6.08 Å². The predicted octanol–water partition coefficient (Wildman–Crippen LogP) is 4.75. The standard InChI is InChI=1S/C18H25NO/c1-8-15(12(2)3)17(20)19-16-11-14(18(5,6)7)10-9-13(16)4/h8-11H,2H2,1,3-7H3,(H,19,20)/b15-8+. The van der Waals surface area contributed by atoms with Crippen molar-refractivity contribution in [2.45, 2.75) is 47.0 Å². The number of benzene rings is 1. The van der Waals surface area contributed by atoms with E-state index < -0.39 is 0 Å². The molecule has 0 heterocycles. The molecular formula is C18H25NO. The maximum absolute atomic E-state index is 12.3. The summed E-state index contributed by atoms with van der Waals surface area (Å²) >= 11 is 0. The molecule has 20 heavy (non-hydrogen) atoms. The molecule has 1 rings (SSSR count). The summed E-state index contributed by atoms with van der Waals surface area (Å²) in [6.45, 7) is 16.0. The molecule has 0 radical (unpaired) electrons. The van der Waals surface area contributed by atoms with Crippen molar-refractivity contribution in [2.75, 3.05) is 5.32 Å². The molecule has 2 heteroatoms. The van der Waals surface area contributed by atoms with Crippen LogP contribution in [0.25, 0.3) is 0 Å². The maximum Gasteiger partial charge on any atom is 0.255 e. The number of aryl methyl sites for hydroxylation is 1. The summed E-state index contributed by atoms with van der Waals surface area (Å²) in [5.41, 5.74) is 4.59. The molecule has 1 N–H and O–H groups in total. The lowest BCUT2D eigenvalue weighted by molar-refractivity contribution is -0.112. The normalized spacial score (nSPS) is 12.2. The van der Waals surface area contributed by atoms with E-state index in [9.17, 15) is 4.79 Å². The smallest absolute Gasteiger partial charge is 0.255 e. The first-order chi connectivity index (χ1) is 9.16. The zero-order valence-corrected chi connectivity index (χ0v) is 13.4. The minimum Gasteiger partial charge on any atom is -0.322 e. The van der Waals surface area contributed by atoms with Gasteiger partial charge < -0.3 is 5.32 Å². The van der Waals surface area contributed by atoms with Gasteiger partial charge in [0, 0.05) is 11.3 Å². The summed E-state index contributed by atoms with van der Waals surface area (Å²) in [5, 5.41) is 2.99. The second kappa shape index (κ2) is 6.08. The van der Waals surface area contributed by atoms with Crippen molar-refractivity contribution in [3.63, 3.8) is 0 Å².